The van der Waals surface area contributed by atoms with Gasteiger partial charge in [0.2, 0.25) is 0 Å². The van der Waals surface area contributed by atoms with Crippen molar-refractivity contribution in [2.24, 2.45) is 0 Å². The third kappa shape index (κ3) is 2.94. The van der Waals surface area contributed by atoms with Gasteiger partial charge in [-0.15, -0.1) is 0 Å². The molecule has 5 rings (SSSR count). The number of anilines is 2. The van der Waals surface area contributed by atoms with Gasteiger partial charge in [0.25, 0.3) is 0 Å². The van der Waals surface area contributed by atoms with Gasteiger partial charge in [0.1, 0.15) is 11.5 Å². The lowest BCUT2D eigenvalue weighted by atomic mass is 9.77. The first kappa shape index (κ1) is 21.6. The first-order valence-electron chi connectivity index (χ1n) is 10.2. The van der Waals surface area contributed by atoms with Crippen LogP contribution >= 0.6 is 23.2 Å². The minimum atomic E-state index is -1.37. The number of hydrogen-bond donors (Lipinski definition) is 0. The van der Waals surface area contributed by atoms with Crippen molar-refractivity contribution in [1.29, 1.82) is 0 Å². The molecule has 2 heterocycles. The van der Waals surface area contributed by atoms with Crippen LogP contribution in [-0.2, 0) is 10.3 Å². The third-order valence-corrected chi connectivity index (χ3v) is 6.82. The SMILES string of the molecule is CN(C)c1ccc2c(c1)Oc1cc(N(C)C)ccc1C21OC(=O)c2c(Cl)c(C=O)cc(Cl)c21. The van der Waals surface area contributed by atoms with E-state index in [0.717, 1.165) is 11.4 Å². The van der Waals surface area contributed by atoms with E-state index in [1.807, 2.05) is 74.4 Å². The van der Waals surface area contributed by atoms with Gasteiger partial charge in [-0.1, -0.05) is 23.2 Å². The number of halogens is 2. The number of benzene rings is 3. The maximum absolute atomic E-state index is 13.2. The van der Waals surface area contributed by atoms with Crippen LogP contribution in [0.25, 0.3) is 0 Å². The summed E-state index contributed by atoms with van der Waals surface area (Å²) in [5.74, 6) is 0.432. The topological polar surface area (TPSA) is 59.1 Å². The van der Waals surface area contributed by atoms with Crippen molar-refractivity contribution >= 4 is 46.8 Å². The molecule has 0 atom stereocenters. The van der Waals surface area contributed by atoms with Crippen LogP contribution in [0.3, 0.4) is 0 Å². The Hall–Kier alpha value is -3.22. The average Bonchev–Trinajstić information content (AvgIpc) is 3.09. The zero-order valence-electron chi connectivity index (χ0n) is 18.4. The highest BCUT2D eigenvalue weighted by Crippen LogP contribution is 2.59. The van der Waals surface area contributed by atoms with E-state index in [-0.39, 0.29) is 21.2 Å². The maximum Gasteiger partial charge on any atom is 0.341 e. The number of carbonyl (C=O) groups excluding carboxylic acids is 2. The highest BCUT2D eigenvalue weighted by atomic mass is 35.5. The van der Waals surface area contributed by atoms with Crippen LogP contribution < -0.4 is 14.5 Å². The van der Waals surface area contributed by atoms with Crippen molar-refractivity contribution in [2.75, 3.05) is 38.0 Å². The van der Waals surface area contributed by atoms with Gasteiger partial charge >= 0.3 is 5.97 Å². The number of hydrogen-bond acceptors (Lipinski definition) is 6. The molecule has 0 aromatic heterocycles. The summed E-state index contributed by atoms with van der Waals surface area (Å²) in [6.45, 7) is 0. The van der Waals surface area contributed by atoms with Crippen LogP contribution in [0.1, 0.15) is 37.4 Å². The summed E-state index contributed by atoms with van der Waals surface area (Å²) in [6, 6.07) is 12.8. The molecule has 0 saturated carbocycles. The second-order valence-electron chi connectivity index (χ2n) is 8.45. The van der Waals surface area contributed by atoms with E-state index in [4.69, 9.17) is 32.7 Å². The summed E-state index contributed by atoms with van der Waals surface area (Å²) in [7, 11) is 7.73. The smallest absolute Gasteiger partial charge is 0.341 e. The molecule has 0 bridgehead atoms. The molecule has 6 nitrogen and oxygen atoms in total. The fourth-order valence-electron chi connectivity index (χ4n) is 4.48. The van der Waals surface area contributed by atoms with Gasteiger partial charge in [0, 0.05) is 74.0 Å². The van der Waals surface area contributed by atoms with Gasteiger partial charge in [0.15, 0.2) is 11.9 Å². The molecular formula is C25H20Cl2N2O4. The standard InChI is InChI=1S/C25H20Cl2N2O4/c1-28(2)14-5-7-16-19(10-14)32-20-11-15(29(3)4)6-8-17(20)25(16)22-18(26)9-13(12-30)23(27)21(22)24(31)33-25/h5-12H,1-4H3. The molecule has 168 valence electrons. The molecule has 0 N–H and O–H groups in total. The van der Waals surface area contributed by atoms with Crippen molar-refractivity contribution in [2.45, 2.75) is 5.60 Å². The van der Waals surface area contributed by atoms with Crippen LogP contribution in [0.2, 0.25) is 10.0 Å². The first-order chi connectivity index (χ1) is 15.7. The molecule has 0 amide bonds. The van der Waals surface area contributed by atoms with Crippen LogP contribution in [-0.4, -0.2) is 40.4 Å². The minimum absolute atomic E-state index is 0.0238. The molecule has 2 aliphatic rings. The van der Waals surface area contributed by atoms with Gasteiger partial charge in [0.05, 0.1) is 15.6 Å². The first-order valence-corrected chi connectivity index (χ1v) is 11.0. The minimum Gasteiger partial charge on any atom is -0.456 e. The number of ether oxygens (including phenoxy) is 2. The molecule has 3 aromatic carbocycles. The predicted octanol–water partition coefficient (Wildman–Crippen LogP) is 5.51. The average molecular weight is 483 g/mol. The van der Waals surface area contributed by atoms with Crippen LogP contribution in [0.15, 0.2) is 42.5 Å². The summed E-state index contributed by atoms with van der Waals surface area (Å²) < 4.78 is 12.5. The van der Waals surface area contributed by atoms with Gasteiger partial charge in [-0.25, -0.2) is 4.79 Å². The fraction of sp³-hybridized carbons (Fsp3) is 0.200. The van der Waals surface area contributed by atoms with Crippen molar-refractivity contribution in [3.8, 4) is 11.5 Å². The predicted molar refractivity (Wildman–Crippen MR) is 129 cm³/mol. The Morgan fingerprint density at radius 1 is 0.879 bits per heavy atom. The number of rotatable bonds is 3. The van der Waals surface area contributed by atoms with Gasteiger partial charge < -0.3 is 19.3 Å². The molecule has 2 aliphatic heterocycles. The molecular weight excluding hydrogens is 463 g/mol. The van der Waals surface area contributed by atoms with Gasteiger partial charge in [-0.3, -0.25) is 4.79 Å². The summed E-state index contributed by atoms with van der Waals surface area (Å²) in [5, 5.41) is 0.241. The molecule has 0 saturated heterocycles. The van der Waals surface area contributed by atoms with E-state index < -0.39 is 11.6 Å². The van der Waals surface area contributed by atoms with E-state index in [9.17, 15) is 9.59 Å². The van der Waals surface area contributed by atoms with Crippen LogP contribution in [0.5, 0.6) is 11.5 Å². The zero-order valence-corrected chi connectivity index (χ0v) is 19.9. The van der Waals surface area contributed by atoms with Crippen LogP contribution in [0.4, 0.5) is 11.4 Å². The molecule has 0 radical (unpaired) electrons. The second-order valence-corrected chi connectivity index (χ2v) is 9.24. The number of aldehydes is 1. The normalized spacial score (nSPS) is 14.7. The Morgan fingerprint density at radius 3 is 1.91 bits per heavy atom. The summed E-state index contributed by atoms with van der Waals surface area (Å²) in [4.78, 5) is 28.7. The summed E-state index contributed by atoms with van der Waals surface area (Å²) in [6.07, 6.45) is 0.575. The molecule has 8 heteroatoms. The van der Waals surface area contributed by atoms with Crippen LogP contribution in [0, 0.1) is 0 Å². The molecule has 0 unspecified atom stereocenters. The molecule has 1 spiro atoms. The van der Waals surface area contributed by atoms with E-state index in [1.165, 1.54) is 6.07 Å². The van der Waals surface area contributed by atoms with E-state index in [2.05, 4.69) is 0 Å². The molecule has 0 fully saturated rings. The lowest BCUT2D eigenvalue weighted by Crippen LogP contribution is -2.33. The summed E-state index contributed by atoms with van der Waals surface area (Å²) in [5.41, 5.74) is 2.36. The van der Waals surface area contributed by atoms with Crippen molar-refractivity contribution < 1.29 is 19.1 Å². The largest absolute Gasteiger partial charge is 0.456 e. The van der Waals surface area contributed by atoms with E-state index in [0.29, 0.717) is 34.5 Å². The Bertz CT molecular complexity index is 1290. The van der Waals surface area contributed by atoms with Crippen molar-refractivity contribution in [1.82, 2.24) is 0 Å². The van der Waals surface area contributed by atoms with Gasteiger partial charge in [-0.05, 0) is 30.3 Å². The van der Waals surface area contributed by atoms with E-state index >= 15 is 0 Å². The highest BCUT2D eigenvalue weighted by Gasteiger charge is 2.56. The molecule has 0 aliphatic carbocycles. The fourth-order valence-corrected chi connectivity index (χ4v) is 5.10. The number of carbonyl (C=O) groups is 2. The Balaban J connectivity index is 1.89. The maximum atomic E-state index is 13.2. The quantitative estimate of drug-likeness (QED) is 0.362. The number of fused-ring (bicyclic) bond motifs is 6. The lowest BCUT2D eigenvalue weighted by molar-refractivity contribution is 0.0225. The monoisotopic (exact) mass is 482 g/mol. The molecule has 3 aromatic rings. The highest BCUT2D eigenvalue weighted by molar-refractivity contribution is 6.39. The number of nitrogens with zero attached hydrogens (tertiary/aromatic N) is 2. The van der Waals surface area contributed by atoms with E-state index in [1.54, 1.807) is 0 Å². The van der Waals surface area contributed by atoms with Crippen molar-refractivity contribution in [3.05, 3.63) is 80.3 Å². The molecule has 33 heavy (non-hydrogen) atoms. The van der Waals surface area contributed by atoms with Crippen molar-refractivity contribution in [3.63, 3.8) is 0 Å². The Morgan fingerprint density at radius 2 is 1.42 bits per heavy atom. The van der Waals surface area contributed by atoms with Gasteiger partial charge in [-0.2, -0.15) is 0 Å². The Labute approximate surface area is 201 Å². The Kier molecular flexibility index (Phi) is 4.85. The summed E-state index contributed by atoms with van der Waals surface area (Å²) >= 11 is 13.2. The zero-order chi connectivity index (χ0) is 23.7. The second kappa shape index (κ2) is 7.40. The number of esters is 1. The lowest BCUT2D eigenvalue weighted by Gasteiger charge is -2.37. The third-order valence-electron chi connectivity index (χ3n) is 6.11.